The summed E-state index contributed by atoms with van der Waals surface area (Å²) in [4.78, 5) is 4.25. The molecule has 0 bridgehead atoms. The normalized spacial score (nSPS) is 11.8. The monoisotopic (exact) mass is 295 g/mol. The van der Waals surface area contributed by atoms with Crippen LogP contribution in [0.3, 0.4) is 0 Å². The molecule has 1 heterocycles. The Morgan fingerprint density at radius 2 is 2.25 bits per heavy atom. The summed E-state index contributed by atoms with van der Waals surface area (Å²) in [6.45, 7) is 3.70. The molecule has 0 aliphatic rings. The molecule has 0 amide bonds. The number of oxime groups is 1. The first kappa shape index (κ1) is 14.4. The summed E-state index contributed by atoms with van der Waals surface area (Å²) in [7, 11) is 0. The molecule has 0 saturated heterocycles. The van der Waals surface area contributed by atoms with Gasteiger partial charge in [0.15, 0.2) is 5.84 Å². The van der Waals surface area contributed by atoms with Crippen molar-refractivity contribution in [3.05, 3.63) is 46.6 Å². The molecule has 7 heteroatoms. The lowest BCUT2D eigenvalue weighted by atomic mass is 10.1. The summed E-state index contributed by atoms with van der Waals surface area (Å²) in [6.07, 6.45) is 0. The Hall–Kier alpha value is -2.02. The van der Waals surface area contributed by atoms with Crippen LogP contribution in [0.5, 0.6) is 0 Å². The number of nitrogens with zero attached hydrogens (tertiary/aromatic N) is 2. The first-order valence-corrected chi connectivity index (χ1v) is 6.83. The van der Waals surface area contributed by atoms with E-state index >= 15 is 0 Å². The predicted octanol–water partition coefficient (Wildman–Crippen LogP) is 2.82. The van der Waals surface area contributed by atoms with Crippen LogP contribution in [-0.2, 0) is 5.75 Å². The lowest BCUT2D eigenvalue weighted by Crippen LogP contribution is -2.15. The number of hydrogen-bond donors (Lipinski definition) is 2. The van der Waals surface area contributed by atoms with Crippen molar-refractivity contribution in [3.63, 3.8) is 0 Å². The minimum atomic E-state index is -0.442. The molecule has 0 spiro atoms. The largest absolute Gasteiger partial charge is 0.437 e. The summed E-state index contributed by atoms with van der Waals surface area (Å²) >= 11 is 1.36. The lowest BCUT2D eigenvalue weighted by molar-refractivity contribution is 0.318. The third-order valence-corrected chi connectivity index (χ3v) is 3.69. The van der Waals surface area contributed by atoms with Crippen molar-refractivity contribution in [2.45, 2.75) is 24.8 Å². The van der Waals surface area contributed by atoms with Crippen molar-refractivity contribution in [2.75, 3.05) is 0 Å². The minimum Gasteiger partial charge on any atom is -0.437 e. The Bertz CT molecular complexity index is 636. The van der Waals surface area contributed by atoms with Gasteiger partial charge >= 0.3 is 0 Å². The summed E-state index contributed by atoms with van der Waals surface area (Å²) in [5, 5.41) is 12.2. The van der Waals surface area contributed by atoms with E-state index in [0.717, 1.165) is 17.0 Å². The maximum absolute atomic E-state index is 13.2. The van der Waals surface area contributed by atoms with Gasteiger partial charge in [0, 0.05) is 11.3 Å². The maximum atomic E-state index is 13.2. The summed E-state index contributed by atoms with van der Waals surface area (Å²) in [6, 6.07) is 4.16. The molecule has 106 valence electrons. The van der Waals surface area contributed by atoms with Crippen LogP contribution in [0.15, 0.2) is 33.0 Å². The fourth-order valence-electron chi connectivity index (χ4n) is 1.61. The number of thioether (sulfide) groups is 1. The number of amidine groups is 1. The van der Waals surface area contributed by atoms with Crippen molar-refractivity contribution < 1.29 is 14.0 Å². The summed E-state index contributed by atoms with van der Waals surface area (Å²) in [5.74, 6) is 0.678. The van der Waals surface area contributed by atoms with Crippen molar-refractivity contribution in [1.82, 2.24) is 4.98 Å². The van der Waals surface area contributed by atoms with E-state index in [-0.39, 0.29) is 5.84 Å². The fraction of sp³-hybridized carbons (Fsp3) is 0.231. The number of nitrogens with two attached hydrogens (primary N) is 1. The van der Waals surface area contributed by atoms with E-state index < -0.39 is 5.82 Å². The van der Waals surface area contributed by atoms with Gasteiger partial charge in [-0.15, -0.1) is 0 Å². The van der Waals surface area contributed by atoms with Gasteiger partial charge in [-0.1, -0.05) is 23.0 Å². The average molecular weight is 295 g/mol. The Morgan fingerprint density at radius 3 is 2.85 bits per heavy atom. The van der Waals surface area contributed by atoms with Gasteiger partial charge in [0.2, 0.25) is 0 Å². The van der Waals surface area contributed by atoms with Crippen molar-refractivity contribution in [1.29, 1.82) is 0 Å². The van der Waals surface area contributed by atoms with Gasteiger partial charge in [-0.2, -0.15) is 0 Å². The molecule has 0 fully saturated rings. The molecule has 0 aliphatic carbocycles. The Morgan fingerprint density at radius 1 is 1.50 bits per heavy atom. The first-order chi connectivity index (χ1) is 9.51. The maximum Gasteiger partial charge on any atom is 0.256 e. The third kappa shape index (κ3) is 3.11. The minimum absolute atomic E-state index is 0.125. The number of hydrogen-bond acceptors (Lipinski definition) is 5. The van der Waals surface area contributed by atoms with Crippen molar-refractivity contribution in [3.8, 4) is 0 Å². The topological polar surface area (TPSA) is 84.6 Å². The molecular weight excluding hydrogens is 281 g/mol. The SMILES string of the molecule is Cc1nc(SCc2ccc(F)cc2/C(N)=N/O)oc1C. The van der Waals surface area contributed by atoms with Crippen LogP contribution in [0, 0.1) is 19.7 Å². The highest BCUT2D eigenvalue weighted by Crippen LogP contribution is 2.25. The number of benzene rings is 1. The van der Waals surface area contributed by atoms with Crippen LogP contribution in [0.1, 0.15) is 22.6 Å². The van der Waals surface area contributed by atoms with E-state index in [1.807, 2.05) is 13.8 Å². The molecule has 0 unspecified atom stereocenters. The molecule has 0 saturated carbocycles. The molecule has 0 radical (unpaired) electrons. The van der Waals surface area contributed by atoms with E-state index in [4.69, 9.17) is 15.4 Å². The number of halogens is 1. The highest BCUT2D eigenvalue weighted by Gasteiger charge is 2.12. The van der Waals surface area contributed by atoms with Crippen LogP contribution in [0.4, 0.5) is 4.39 Å². The molecule has 5 nitrogen and oxygen atoms in total. The summed E-state index contributed by atoms with van der Waals surface area (Å²) in [5.41, 5.74) is 7.48. The molecular formula is C13H14FN3O2S. The molecule has 1 aromatic carbocycles. The second-order valence-corrected chi connectivity index (χ2v) is 5.12. The molecule has 20 heavy (non-hydrogen) atoms. The second kappa shape index (κ2) is 5.96. The van der Waals surface area contributed by atoms with Crippen LogP contribution in [-0.4, -0.2) is 16.0 Å². The Kier molecular flexibility index (Phi) is 4.29. The average Bonchev–Trinajstić information content (AvgIpc) is 2.75. The highest BCUT2D eigenvalue weighted by atomic mass is 32.2. The predicted molar refractivity (Wildman–Crippen MR) is 74.4 cm³/mol. The number of oxazole rings is 1. The fourth-order valence-corrected chi connectivity index (χ4v) is 2.53. The van der Waals surface area contributed by atoms with Gasteiger partial charge in [0.25, 0.3) is 5.22 Å². The molecule has 1 aromatic heterocycles. The molecule has 3 N–H and O–H groups in total. The van der Waals surface area contributed by atoms with E-state index in [1.54, 1.807) is 6.07 Å². The molecule has 2 aromatic rings. The van der Waals surface area contributed by atoms with Gasteiger partial charge in [0.05, 0.1) is 5.69 Å². The quantitative estimate of drug-likeness (QED) is 0.298. The van der Waals surface area contributed by atoms with E-state index in [0.29, 0.717) is 16.5 Å². The van der Waals surface area contributed by atoms with E-state index in [9.17, 15) is 4.39 Å². The van der Waals surface area contributed by atoms with Gasteiger partial charge in [-0.05, 0) is 31.5 Å². The zero-order chi connectivity index (χ0) is 14.7. The number of rotatable bonds is 4. The first-order valence-electron chi connectivity index (χ1n) is 5.84. The lowest BCUT2D eigenvalue weighted by Gasteiger charge is -2.07. The smallest absolute Gasteiger partial charge is 0.256 e. The highest BCUT2D eigenvalue weighted by molar-refractivity contribution is 7.98. The second-order valence-electron chi connectivity index (χ2n) is 4.20. The van der Waals surface area contributed by atoms with E-state index in [1.165, 1.54) is 23.9 Å². The van der Waals surface area contributed by atoms with E-state index in [2.05, 4.69) is 10.1 Å². The molecule has 0 atom stereocenters. The Balaban J connectivity index is 2.21. The zero-order valence-corrected chi connectivity index (χ0v) is 11.9. The summed E-state index contributed by atoms with van der Waals surface area (Å²) < 4.78 is 18.7. The van der Waals surface area contributed by atoms with Crippen LogP contribution in [0.2, 0.25) is 0 Å². The Labute approximate surface area is 119 Å². The van der Waals surface area contributed by atoms with Crippen LogP contribution < -0.4 is 5.73 Å². The van der Waals surface area contributed by atoms with Crippen LogP contribution >= 0.6 is 11.8 Å². The third-order valence-electron chi connectivity index (χ3n) is 2.82. The zero-order valence-electron chi connectivity index (χ0n) is 11.1. The van der Waals surface area contributed by atoms with Gasteiger partial charge in [-0.3, -0.25) is 0 Å². The van der Waals surface area contributed by atoms with Gasteiger partial charge < -0.3 is 15.4 Å². The molecule has 2 rings (SSSR count). The van der Waals surface area contributed by atoms with Crippen LogP contribution in [0.25, 0.3) is 0 Å². The standard InChI is InChI=1S/C13H14FN3O2S/c1-7-8(2)19-13(16-7)20-6-9-3-4-10(14)5-11(9)12(15)17-18/h3-5,18H,6H2,1-2H3,(H2,15,17). The number of aromatic nitrogens is 1. The van der Waals surface area contributed by atoms with Crippen molar-refractivity contribution >= 4 is 17.6 Å². The van der Waals surface area contributed by atoms with Gasteiger partial charge in [-0.25, -0.2) is 9.37 Å². The van der Waals surface area contributed by atoms with Crippen molar-refractivity contribution in [2.24, 2.45) is 10.9 Å². The number of aryl methyl sites for hydroxylation is 2. The molecule has 0 aliphatic heterocycles. The van der Waals surface area contributed by atoms with Gasteiger partial charge in [0.1, 0.15) is 11.6 Å².